The summed E-state index contributed by atoms with van der Waals surface area (Å²) in [5.74, 6) is -0.195. The number of hydrogen-bond donors (Lipinski definition) is 3. The molecule has 8 heteroatoms. The smallest absolute Gasteiger partial charge is 0.268 e. The number of carbonyl (C=O) groups excluding carboxylic acids is 1. The van der Waals surface area contributed by atoms with Crippen LogP contribution in [-0.4, -0.2) is 51.4 Å². The standard InChI is InChI=1S/C30H36N4O3S/c1-30(2,3)22-12-15-24(16-13-22)38(36,37)33-23-14-17-26-25(20-23)27(21-10-7-6-8-11-21)28(32-26)29(35)31-18-9-19-34(4)5/h6-8,10-17,20,32-33H,9,18-19H2,1-5H3,(H,31,35). The molecule has 0 fully saturated rings. The van der Waals surface area contributed by atoms with Gasteiger partial charge in [0.2, 0.25) is 0 Å². The Hall–Kier alpha value is -3.62. The molecule has 1 amide bonds. The van der Waals surface area contributed by atoms with Crippen molar-refractivity contribution < 1.29 is 13.2 Å². The van der Waals surface area contributed by atoms with Gasteiger partial charge in [0.05, 0.1) is 4.90 Å². The van der Waals surface area contributed by atoms with Crippen molar-refractivity contribution in [2.24, 2.45) is 0 Å². The van der Waals surface area contributed by atoms with E-state index in [1.54, 1.807) is 30.3 Å². The molecule has 200 valence electrons. The molecule has 0 saturated heterocycles. The molecule has 0 atom stereocenters. The van der Waals surface area contributed by atoms with E-state index in [2.05, 4.69) is 40.7 Å². The Morgan fingerprint density at radius 1 is 0.947 bits per heavy atom. The Morgan fingerprint density at radius 3 is 2.26 bits per heavy atom. The summed E-state index contributed by atoms with van der Waals surface area (Å²) in [6.07, 6.45) is 0.836. The van der Waals surface area contributed by atoms with Crippen LogP contribution in [0.4, 0.5) is 5.69 Å². The molecule has 4 rings (SSSR count). The number of aromatic nitrogens is 1. The van der Waals surface area contributed by atoms with Gasteiger partial charge in [-0.3, -0.25) is 9.52 Å². The highest BCUT2D eigenvalue weighted by Crippen LogP contribution is 2.35. The number of rotatable bonds is 9. The third-order valence-electron chi connectivity index (χ3n) is 6.44. The molecule has 0 aliphatic carbocycles. The Kier molecular flexibility index (Phi) is 7.94. The molecule has 3 aromatic carbocycles. The number of hydrogen-bond acceptors (Lipinski definition) is 4. The maximum absolute atomic E-state index is 13.2. The minimum absolute atomic E-state index is 0.0702. The minimum atomic E-state index is -3.80. The van der Waals surface area contributed by atoms with E-state index in [0.717, 1.165) is 40.6 Å². The van der Waals surface area contributed by atoms with Crippen LogP contribution >= 0.6 is 0 Å². The molecule has 0 saturated carbocycles. The Morgan fingerprint density at radius 2 is 1.63 bits per heavy atom. The first-order chi connectivity index (χ1) is 18.0. The SMILES string of the molecule is CN(C)CCCNC(=O)c1[nH]c2ccc(NS(=O)(=O)c3ccc(C(C)(C)C)cc3)cc2c1-c1ccccc1. The molecule has 7 nitrogen and oxygen atoms in total. The van der Waals surface area contributed by atoms with E-state index in [-0.39, 0.29) is 16.2 Å². The van der Waals surface area contributed by atoms with Crippen LogP contribution in [0.15, 0.2) is 77.7 Å². The normalized spacial score (nSPS) is 12.2. The summed E-state index contributed by atoms with van der Waals surface area (Å²) >= 11 is 0. The summed E-state index contributed by atoms with van der Waals surface area (Å²) in [5, 5.41) is 3.77. The molecule has 0 radical (unpaired) electrons. The first-order valence-electron chi connectivity index (χ1n) is 12.7. The van der Waals surface area contributed by atoms with Crippen LogP contribution in [0.2, 0.25) is 0 Å². The molecule has 0 aliphatic heterocycles. The van der Waals surface area contributed by atoms with Gasteiger partial charge in [-0.25, -0.2) is 8.42 Å². The average molecular weight is 533 g/mol. The first-order valence-corrected chi connectivity index (χ1v) is 14.2. The van der Waals surface area contributed by atoms with Crippen molar-refractivity contribution in [3.63, 3.8) is 0 Å². The number of aromatic amines is 1. The predicted molar refractivity (Wildman–Crippen MR) is 155 cm³/mol. The number of carbonyl (C=O) groups is 1. The third-order valence-corrected chi connectivity index (χ3v) is 7.84. The van der Waals surface area contributed by atoms with Crippen molar-refractivity contribution in [1.29, 1.82) is 0 Å². The fraction of sp³-hybridized carbons (Fsp3) is 0.300. The zero-order chi connectivity index (χ0) is 27.5. The molecular formula is C30H36N4O3S. The molecule has 1 heterocycles. The van der Waals surface area contributed by atoms with Gasteiger partial charge in [0.1, 0.15) is 5.69 Å². The first kappa shape index (κ1) is 27.4. The number of H-pyrrole nitrogens is 1. The summed E-state index contributed by atoms with van der Waals surface area (Å²) in [4.78, 5) is 18.7. The molecule has 38 heavy (non-hydrogen) atoms. The predicted octanol–water partition coefficient (Wildman–Crippen LogP) is 5.61. The topological polar surface area (TPSA) is 94.3 Å². The van der Waals surface area contributed by atoms with Gasteiger partial charge >= 0.3 is 0 Å². The average Bonchev–Trinajstić information content (AvgIpc) is 3.25. The fourth-order valence-electron chi connectivity index (χ4n) is 4.36. The number of fused-ring (bicyclic) bond motifs is 1. The van der Waals surface area contributed by atoms with E-state index in [1.165, 1.54) is 0 Å². The van der Waals surface area contributed by atoms with E-state index >= 15 is 0 Å². The van der Waals surface area contributed by atoms with E-state index in [4.69, 9.17) is 0 Å². The van der Waals surface area contributed by atoms with Gasteiger partial charge < -0.3 is 15.2 Å². The zero-order valence-electron chi connectivity index (χ0n) is 22.6. The van der Waals surface area contributed by atoms with Gasteiger partial charge in [-0.1, -0.05) is 63.2 Å². The lowest BCUT2D eigenvalue weighted by atomic mass is 9.87. The van der Waals surface area contributed by atoms with Crippen LogP contribution in [0.3, 0.4) is 0 Å². The fourth-order valence-corrected chi connectivity index (χ4v) is 5.41. The van der Waals surface area contributed by atoms with Crippen LogP contribution in [0.25, 0.3) is 22.0 Å². The third kappa shape index (κ3) is 6.26. The highest BCUT2D eigenvalue weighted by atomic mass is 32.2. The summed E-state index contributed by atoms with van der Waals surface area (Å²) in [6.45, 7) is 7.69. The number of nitrogens with zero attached hydrogens (tertiary/aromatic N) is 1. The van der Waals surface area contributed by atoms with E-state index < -0.39 is 10.0 Å². The lowest BCUT2D eigenvalue weighted by Gasteiger charge is -2.19. The van der Waals surface area contributed by atoms with Crippen molar-refractivity contribution in [2.75, 3.05) is 31.9 Å². The summed E-state index contributed by atoms with van der Waals surface area (Å²) in [6, 6.07) is 21.9. The maximum Gasteiger partial charge on any atom is 0.268 e. The monoisotopic (exact) mass is 532 g/mol. The Labute approximate surface area is 225 Å². The van der Waals surface area contributed by atoms with E-state index in [9.17, 15) is 13.2 Å². The summed E-state index contributed by atoms with van der Waals surface area (Å²) < 4.78 is 29.1. The van der Waals surface area contributed by atoms with E-state index in [0.29, 0.717) is 17.9 Å². The molecule has 1 aromatic heterocycles. The van der Waals surface area contributed by atoms with Crippen LogP contribution in [0.5, 0.6) is 0 Å². The number of anilines is 1. The van der Waals surface area contributed by atoms with Gasteiger partial charge in [0.15, 0.2) is 0 Å². The molecule has 0 aliphatic rings. The number of amides is 1. The van der Waals surface area contributed by atoms with Crippen molar-refractivity contribution in [1.82, 2.24) is 15.2 Å². The lowest BCUT2D eigenvalue weighted by molar-refractivity contribution is 0.0949. The maximum atomic E-state index is 13.2. The number of benzene rings is 3. The Balaban J connectivity index is 1.67. The molecule has 3 N–H and O–H groups in total. The largest absolute Gasteiger partial charge is 0.351 e. The van der Waals surface area contributed by atoms with Gasteiger partial charge in [-0.15, -0.1) is 0 Å². The summed E-state index contributed by atoms with van der Waals surface area (Å²) in [5.41, 5.74) is 4.22. The molecule has 4 aromatic rings. The molecule has 0 bridgehead atoms. The van der Waals surface area contributed by atoms with Crippen LogP contribution in [0.1, 0.15) is 43.2 Å². The quantitative estimate of drug-likeness (QED) is 0.244. The van der Waals surface area contributed by atoms with Crippen molar-refractivity contribution in [3.05, 3.63) is 84.1 Å². The van der Waals surface area contributed by atoms with Crippen molar-refractivity contribution >= 4 is 32.5 Å². The second-order valence-electron chi connectivity index (χ2n) is 10.8. The zero-order valence-corrected chi connectivity index (χ0v) is 23.4. The van der Waals surface area contributed by atoms with Gasteiger partial charge in [0.25, 0.3) is 15.9 Å². The number of nitrogens with one attached hydrogen (secondary N) is 3. The Bertz CT molecular complexity index is 1520. The molecule has 0 unspecified atom stereocenters. The van der Waals surface area contributed by atoms with Gasteiger partial charge in [-0.2, -0.15) is 0 Å². The minimum Gasteiger partial charge on any atom is -0.351 e. The highest BCUT2D eigenvalue weighted by molar-refractivity contribution is 7.92. The second-order valence-corrected chi connectivity index (χ2v) is 12.5. The van der Waals surface area contributed by atoms with Crippen LogP contribution in [-0.2, 0) is 15.4 Å². The van der Waals surface area contributed by atoms with Crippen molar-refractivity contribution in [2.45, 2.75) is 37.5 Å². The van der Waals surface area contributed by atoms with Gasteiger partial charge in [0, 0.05) is 28.7 Å². The van der Waals surface area contributed by atoms with Gasteiger partial charge in [-0.05, 0) is 73.9 Å². The highest BCUT2D eigenvalue weighted by Gasteiger charge is 2.21. The number of sulfonamides is 1. The molecule has 0 spiro atoms. The molecular weight excluding hydrogens is 496 g/mol. The second kappa shape index (κ2) is 11.0. The lowest BCUT2D eigenvalue weighted by Crippen LogP contribution is -2.27. The summed E-state index contributed by atoms with van der Waals surface area (Å²) in [7, 11) is 0.203. The van der Waals surface area contributed by atoms with Crippen LogP contribution in [0, 0.1) is 0 Å². The van der Waals surface area contributed by atoms with Crippen LogP contribution < -0.4 is 10.0 Å². The van der Waals surface area contributed by atoms with E-state index in [1.807, 2.05) is 56.6 Å². The van der Waals surface area contributed by atoms with Crippen molar-refractivity contribution in [3.8, 4) is 11.1 Å².